The minimum absolute atomic E-state index is 0.0303. The van der Waals surface area contributed by atoms with Crippen molar-refractivity contribution in [1.29, 1.82) is 0 Å². The van der Waals surface area contributed by atoms with E-state index in [0.29, 0.717) is 13.0 Å². The molecule has 0 aliphatic carbocycles. The van der Waals surface area contributed by atoms with Gasteiger partial charge in [-0.1, -0.05) is 6.92 Å². The zero-order valence-electron chi connectivity index (χ0n) is 8.05. The molecule has 1 heterocycles. The van der Waals surface area contributed by atoms with Crippen molar-refractivity contribution in [2.75, 3.05) is 19.6 Å². The van der Waals surface area contributed by atoms with E-state index in [9.17, 15) is 4.79 Å². The van der Waals surface area contributed by atoms with Gasteiger partial charge in [0.15, 0.2) is 0 Å². The van der Waals surface area contributed by atoms with Crippen molar-refractivity contribution in [3.63, 3.8) is 0 Å². The molecule has 0 radical (unpaired) electrons. The van der Waals surface area contributed by atoms with Crippen LogP contribution in [-0.4, -0.2) is 36.5 Å². The summed E-state index contributed by atoms with van der Waals surface area (Å²) >= 11 is 0. The third-order valence-corrected chi connectivity index (χ3v) is 2.27. The van der Waals surface area contributed by atoms with Crippen LogP contribution in [0.5, 0.6) is 0 Å². The molecule has 0 saturated carbocycles. The average molecular weight is 180 g/mol. The summed E-state index contributed by atoms with van der Waals surface area (Å²) in [6.45, 7) is 4.41. The topological polar surface area (TPSA) is 32.3 Å². The van der Waals surface area contributed by atoms with E-state index >= 15 is 0 Å². The van der Waals surface area contributed by atoms with Crippen LogP contribution in [0.1, 0.15) is 19.8 Å². The van der Waals surface area contributed by atoms with Gasteiger partial charge in [-0.05, 0) is 13.0 Å². The fourth-order valence-corrected chi connectivity index (χ4v) is 1.60. The molecule has 1 aliphatic rings. The van der Waals surface area contributed by atoms with Gasteiger partial charge in [-0.3, -0.25) is 4.79 Å². The van der Waals surface area contributed by atoms with Gasteiger partial charge >= 0.3 is 0 Å². The smallest absolute Gasteiger partial charge is 0.239 e. The van der Waals surface area contributed by atoms with E-state index in [1.54, 1.807) is 0 Å². The van der Waals surface area contributed by atoms with Gasteiger partial charge in [-0.2, -0.15) is 0 Å². The van der Waals surface area contributed by atoms with E-state index in [2.05, 4.69) is 11.2 Å². The van der Waals surface area contributed by atoms with E-state index in [-0.39, 0.29) is 11.9 Å². The molecular weight excluding hydrogens is 164 g/mol. The number of hydrogen-bond donors (Lipinski definition) is 1. The lowest BCUT2D eigenvalue weighted by molar-refractivity contribution is -0.129. The Hall–Kier alpha value is -1.01. The van der Waals surface area contributed by atoms with Crippen LogP contribution < -0.4 is 5.32 Å². The molecule has 0 bridgehead atoms. The van der Waals surface area contributed by atoms with Gasteiger partial charge in [0.1, 0.15) is 0 Å². The fraction of sp³-hybridized carbons (Fsp3) is 0.700. The highest BCUT2D eigenvalue weighted by molar-refractivity contribution is 5.83. The SMILES string of the molecule is C#CCCN1CCC(NCC)C1=O. The molecular formula is C10H16N2O. The third kappa shape index (κ3) is 2.46. The van der Waals surface area contributed by atoms with Crippen molar-refractivity contribution in [2.24, 2.45) is 0 Å². The fourth-order valence-electron chi connectivity index (χ4n) is 1.60. The highest BCUT2D eigenvalue weighted by Crippen LogP contribution is 2.10. The number of amides is 1. The molecule has 1 fully saturated rings. The molecule has 72 valence electrons. The lowest BCUT2D eigenvalue weighted by Gasteiger charge is -2.15. The van der Waals surface area contributed by atoms with Gasteiger partial charge < -0.3 is 10.2 Å². The standard InChI is InChI=1S/C10H16N2O/c1-3-5-7-12-8-6-9(10(12)13)11-4-2/h1,9,11H,4-8H2,2H3. The van der Waals surface area contributed by atoms with E-state index in [1.807, 2.05) is 11.8 Å². The number of nitrogens with zero attached hydrogens (tertiary/aromatic N) is 1. The number of likely N-dealkylation sites (tertiary alicyclic amines) is 1. The van der Waals surface area contributed by atoms with Crippen LogP contribution in [0.4, 0.5) is 0 Å². The molecule has 0 aromatic heterocycles. The van der Waals surface area contributed by atoms with Gasteiger partial charge in [-0.25, -0.2) is 0 Å². The molecule has 0 spiro atoms. The summed E-state index contributed by atoms with van der Waals surface area (Å²) in [4.78, 5) is 13.4. The van der Waals surface area contributed by atoms with Crippen molar-refractivity contribution in [1.82, 2.24) is 10.2 Å². The van der Waals surface area contributed by atoms with E-state index in [0.717, 1.165) is 19.5 Å². The zero-order valence-corrected chi connectivity index (χ0v) is 8.05. The second-order valence-electron chi connectivity index (χ2n) is 3.18. The first kappa shape index (κ1) is 10.1. The van der Waals surface area contributed by atoms with Crippen LogP contribution in [0.2, 0.25) is 0 Å². The number of rotatable bonds is 4. The monoisotopic (exact) mass is 180 g/mol. The predicted molar refractivity (Wildman–Crippen MR) is 52.1 cm³/mol. The number of hydrogen-bond acceptors (Lipinski definition) is 2. The van der Waals surface area contributed by atoms with E-state index < -0.39 is 0 Å². The molecule has 1 aliphatic heterocycles. The van der Waals surface area contributed by atoms with Crippen molar-refractivity contribution in [3.8, 4) is 12.3 Å². The highest BCUT2D eigenvalue weighted by atomic mass is 16.2. The van der Waals surface area contributed by atoms with Crippen molar-refractivity contribution in [2.45, 2.75) is 25.8 Å². The molecule has 0 aromatic rings. The van der Waals surface area contributed by atoms with Crippen molar-refractivity contribution < 1.29 is 4.79 Å². The largest absolute Gasteiger partial charge is 0.340 e. The Morgan fingerprint density at radius 2 is 2.54 bits per heavy atom. The molecule has 1 saturated heterocycles. The van der Waals surface area contributed by atoms with Gasteiger partial charge in [0.2, 0.25) is 5.91 Å². The molecule has 13 heavy (non-hydrogen) atoms. The molecule has 3 heteroatoms. The lowest BCUT2D eigenvalue weighted by Crippen LogP contribution is -2.38. The first-order chi connectivity index (χ1) is 6.29. The lowest BCUT2D eigenvalue weighted by atomic mass is 10.2. The summed E-state index contributed by atoms with van der Waals surface area (Å²) < 4.78 is 0. The summed E-state index contributed by atoms with van der Waals surface area (Å²) in [6.07, 6.45) is 6.71. The molecule has 1 rings (SSSR count). The van der Waals surface area contributed by atoms with E-state index in [4.69, 9.17) is 6.42 Å². The first-order valence-electron chi connectivity index (χ1n) is 4.75. The average Bonchev–Trinajstić information content (AvgIpc) is 2.46. The Labute approximate surface area is 79.5 Å². The summed E-state index contributed by atoms with van der Waals surface area (Å²) in [5, 5.41) is 3.16. The number of carbonyl (C=O) groups excluding carboxylic acids is 1. The molecule has 1 amide bonds. The molecule has 0 aromatic carbocycles. The Morgan fingerprint density at radius 1 is 1.77 bits per heavy atom. The molecule has 1 unspecified atom stereocenters. The maximum atomic E-state index is 11.6. The van der Waals surface area contributed by atoms with Gasteiger partial charge in [0, 0.05) is 19.5 Å². The maximum absolute atomic E-state index is 11.6. The van der Waals surface area contributed by atoms with Crippen molar-refractivity contribution in [3.05, 3.63) is 0 Å². The zero-order chi connectivity index (χ0) is 9.68. The maximum Gasteiger partial charge on any atom is 0.239 e. The minimum atomic E-state index is 0.0303. The molecule has 1 atom stereocenters. The number of carbonyl (C=O) groups is 1. The summed E-state index contributed by atoms with van der Waals surface area (Å²) in [5.41, 5.74) is 0. The second kappa shape index (κ2) is 4.88. The Morgan fingerprint density at radius 3 is 3.15 bits per heavy atom. The van der Waals surface area contributed by atoms with Crippen LogP contribution >= 0.6 is 0 Å². The van der Waals surface area contributed by atoms with Crippen LogP contribution in [0.15, 0.2) is 0 Å². The first-order valence-corrected chi connectivity index (χ1v) is 4.75. The van der Waals surface area contributed by atoms with Crippen LogP contribution in [0.25, 0.3) is 0 Å². The molecule has 3 nitrogen and oxygen atoms in total. The third-order valence-electron chi connectivity index (χ3n) is 2.27. The highest BCUT2D eigenvalue weighted by Gasteiger charge is 2.29. The van der Waals surface area contributed by atoms with Crippen LogP contribution in [0.3, 0.4) is 0 Å². The van der Waals surface area contributed by atoms with Crippen LogP contribution in [0, 0.1) is 12.3 Å². The minimum Gasteiger partial charge on any atom is -0.340 e. The number of nitrogens with one attached hydrogen (secondary N) is 1. The van der Waals surface area contributed by atoms with Gasteiger partial charge in [0.25, 0.3) is 0 Å². The molecule has 1 N–H and O–H groups in total. The second-order valence-corrected chi connectivity index (χ2v) is 3.18. The Balaban J connectivity index is 2.37. The Bertz CT molecular complexity index is 219. The normalized spacial score (nSPS) is 22.0. The number of terminal acetylenes is 1. The number of likely N-dealkylation sites (N-methyl/N-ethyl adjacent to an activating group) is 1. The van der Waals surface area contributed by atoms with E-state index in [1.165, 1.54) is 0 Å². The summed E-state index contributed by atoms with van der Waals surface area (Å²) in [6, 6.07) is 0.0303. The quantitative estimate of drug-likeness (QED) is 0.628. The predicted octanol–water partition coefficient (Wildman–Crippen LogP) is 0.220. The summed E-state index contributed by atoms with van der Waals surface area (Å²) in [5.74, 6) is 2.75. The summed E-state index contributed by atoms with van der Waals surface area (Å²) in [7, 11) is 0. The Kier molecular flexibility index (Phi) is 3.78. The van der Waals surface area contributed by atoms with Gasteiger partial charge in [0.05, 0.1) is 6.04 Å². The van der Waals surface area contributed by atoms with Crippen molar-refractivity contribution >= 4 is 5.91 Å². The van der Waals surface area contributed by atoms with Gasteiger partial charge in [-0.15, -0.1) is 12.3 Å². The van der Waals surface area contributed by atoms with Crippen LogP contribution in [-0.2, 0) is 4.79 Å².